The van der Waals surface area contributed by atoms with Crippen molar-refractivity contribution in [3.8, 4) is 11.5 Å². The van der Waals surface area contributed by atoms with E-state index >= 15 is 0 Å². The third-order valence-corrected chi connectivity index (χ3v) is 5.97. The van der Waals surface area contributed by atoms with Gasteiger partial charge in [-0.3, -0.25) is 9.59 Å². The Bertz CT molecular complexity index is 794. The van der Waals surface area contributed by atoms with Gasteiger partial charge in [0.25, 0.3) is 11.8 Å². The van der Waals surface area contributed by atoms with Gasteiger partial charge in [0.2, 0.25) is 0 Å². The van der Waals surface area contributed by atoms with Gasteiger partial charge in [-0.05, 0) is 42.2 Å². The summed E-state index contributed by atoms with van der Waals surface area (Å²) in [5, 5.41) is 24.1. The molecule has 6 heteroatoms. The van der Waals surface area contributed by atoms with E-state index in [0.29, 0.717) is 17.4 Å². The van der Waals surface area contributed by atoms with Crippen molar-refractivity contribution in [2.75, 3.05) is 0 Å². The number of nitrogens with zero attached hydrogens (tertiary/aromatic N) is 2. The second-order valence-electron chi connectivity index (χ2n) is 7.13. The zero-order valence-corrected chi connectivity index (χ0v) is 12.7. The highest BCUT2D eigenvalue weighted by molar-refractivity contribution is 6.06. The van der Waals surface area contributed by atoms with Crippen LogP contribution in [0.2, 0.25) is 0 Å². The van der Waals surface area contributed by atoms with Gasteiger partial charge in [-0.25, -0.2) is 0 Å². The number of carbonyl (C=O) groups is 2. The standard InChI is InChI=1S/C18H16N2O4/c21-9-2-1-8(14(22)5-9)7-19-20-17(23)15-10-3-4-11(13-6-12(10)13)16(15)18(20)24/h1-5,7,10-13,15-16,21-22H,6H2/b19-7+/t10-,11-,12-,13-,15-,16+/m1/s1. The van der Waals surface area contributed by atoms with E-state index in [2.05, 4.69) is 17.3 Å². The molecule has 1 aromatic carbocycles. The minimum absolute atomic E-state index is 0.0640. The molecule has 0 unspecified atom stereocenters. The molecule has 1 aliphatic heterocycles. The van der Waals surface area contributed by atoms with Gasteiger partial charge in [0, 0.05) is 11.6 Å². The normalized spacial score (nSPS) is 38.8. The van der Waals surface area contributed by atoms with Crippen LogP contribution in [0.25, 0.3) is 0 Å². The van der Waals surface area contributed by atoms with Gasteiger partial charge >= 0.3 is 0 Å². The highest BCUT2D eigenvalue weighted by Crippen LogP contribution is 2.65. The Kier molecular flexibility index (Phi) is 2.56. The quantitative estimate of drug-likeness (QED) is 0.490. The number of hydrogen-bond acceptors (Lipinski definition) is 5. The first kappa shape index (κ1) is 13.8. The topological polar surface area (TPSA) is 90.2 Å². The molecule has 2 saturated carbocycles. The fourth-order valence-corrected chi connectivity index (χ4v) is 4.82. The van der Waals surface area contributed by atoms with Gasteiger partial charge in [0.1, 0.15) is 11.5 Å². The number of amides is 2. The number of allylic oxidation sites excluding steroid dienone is 2. The molecular formula is C18H16N2O4. The van der Waals surface area contributed by atoms with E-state index < -0.39 is 0 Å². The molecule has 1 saturated heterocycles. The summed E-state index contributed by atoms with van der Waals surface area (Å²) in [5.41, 5.74) is 0.340. The lowest BCUT2D eigenvalue weighted by Gasteiger charge is -2.37. The maximum atomic E-state index is 12.7. The maximum Gasteiger partial charge on any atom is 0.254 e. The van der Waals surface area contributed by atoms with E-state index in [4.69, 9.17) is 0 Å². The summed E-state index contributed by atoms with van der Waals surface area (Å²) < 4.78 is 0. The van der Waals surface area contributed by atoms with Gasteiger partial charge in [-0.2, -0.15) is 10.1 Å². The molecular weight excluding hydrogens is 308 g/mol. The molecule has 4 aliphatic carbocycles. The predicted octanol–water partition coefficient (Wildman–Crippen LogP) is 1.48. The lowest BCUT2D eigenvalue weighted by Crippen LogP contribution is -2.40. The Morgan fingerprint density at radius 3 is 2.25 bits per heavy atom. The number of phenols is 2. The Labute approximate surface area is 138 Å². The number of aromatic hydroxyl groups is 2. The van der Waals surface area contributed by atoms with E-state index in [1.54, 1.807) is 0 Å². The van der Waals surface area contributed by atoms with Gasteiger partial charge in [0.15, 0.2) is 0 Å². The summed E-state index contributed by atoms with van der Waals surface area (Å²) in [6, 6.07) is 4.07. The van der Waals surface area contributed by atoms with Gasteiger partial charge in [0.05, 0.1) is 18.1 Å². The van der Waals surface area contributed by atoms with E-state index in [-0.39, 0.29) is 47.0 Å². The van der Waals surface area contributed by atoms with Crippen molar-refractivity contribution in [2.24, 2.45) is 40.6 Å². The smallest absolute Gasteiger partial charge is 0.254 e. The minimum Gasteiger partial charge on any atom is -0.508 e. The highest BCUT2D eigenvalue weighted by Gasteiger charge is 2.67. The molecule has 0 radical (unpaired) electrons. The largest absolute Gasteiger partial charge is 0.508 e. The molecule has 3 fully saturated rings. The molecule has 2 N–H and O–H groups in total. The third-order valence-electron chi connectivity index (χ3n) is 5.97. The average molecular weight is 324 g/mol. The van der Waals surface area contributed by atoms with Crippen LogP contribution < -0.4 is 0 Å². The zero-order valence-electron chi connectivity index (χ0n) is 12.7. The predicted molar refractivity (Wildman–Crippen MR) is 83.9 cm³/mol. The van der Waals surface area contributed by atoms with Crippen molar-refractivity contribution < 1.29 is 19.8 Å². The molecule has 0 aromatic heterocycles. The number of imide groups is 1. The molecule has 2 amide bonds. The lowest BCUT2D eigenvalue weighted by atomic mass is 9.63. The second-order valence-corrected chi connectivity index (χ2v) is 7.13. The van der Waals surface area contributed by atoms with Crippen molar-refractivity contribution in [2.45, 2.75) is 6.42 Å². The van der Waals surface area contributed by atoms with Crippen LogP contribution in [0.15, 0.2) is 35.5 Å². The van der Waals surface area contributed by atoms with Crippen LogP contribution in [0.3, 0.4) is 0 Å². The molecule has 1 heterocycles. The summed E-state index contributed by atoms with van der Waals surface area (Å²) >= 11 is 0. The van der Waals surface area contributed by atoms with Crippen LogP contribution in [-0.2, 0) is 9.59 Å². The summed E-state index contributed by atoms with van der Waals surface area (Å²) in [7, 11) is 0. The van der Waals surface area contributed by atoms with Crippen LogP contribution in [-0.4, -0.2) is 33.3 Å². The number of hydrazone groups is 1. The highest BCUT2D eigenvalue weighted by atomic mass is 16.3. The SMILES string of the molecule is O=C1[C@@H]2[C@@H]3C=C[C@H]([C@H]4C[C@H]34)[C@@H]2C(=O)N1/N=C/c1ccc(O)cc1O. The molecule has 5 aliphatic rings. The van der Waals surface area contributed by atoms with Crippen LogP contribution >= 0.6 is 0 Å². The monoisotopic (exact) mass is 324 g/mol. The van der Waals surface area contributed by atoms with Crippen LogP contribution in [0.4, 0.5) is 0 Å². The number of phenolic OH excluding ortho intramolecular Hbond substituents is 2. The van der Waals surface area contributed by atoms with E-state index in [0.717, 1.165) is 11.4 Å². The first-order valence-corrected chi connectivity index (χ1v) is 8.18. The summed E-state index contributed by atoms with van der Waals surface area (Å²) in [6.07, 6.45) is 6.65. The molecule has 2 bridgehead atoms. The Morgan fingerprint density at radius 1 is 1.04 bits per heavy atom. The fraction of sp³-hybridized carbons (Fsp3) is 0.389. The summed E-state index contributed by atoms with van der Waals surface area (Å²) in [4.78, 5) is 25.4. The molecule has 6 atom stereocenters. The Hall–Kier alpha value is -2.63. The summed E-state index contributed by atoms with van der Waals surface area (Å²) in [5.74, 6) is 0.222. The molecule has 0 spiro atoms. The van der Waals surface area contributed by atoms with E-state index in [9.17, 15) is 19.8 Å². The Balaban J connectivity index is 1.45. The second kappa shape index (κ2) is 4.47. The maximum absolute atomic E-state index is 12.7. The molecule has 122 valence electrons. The molecule has 6 rings (SSSR count). The molecule has 6 nitrogen and oxygen atoms in total. The molecule has 1 aromatic rings. The van der Waals surface area contributed by atoms with Gasteiger partial charge in [-0.1, -0.05) is 12.2 Å². The van der Waals surface area contributed by atoms with Crippen LogP contribution in [0.5, 0.6) is 11.5 Å². The average Bonchev–Trinajstić information content (AvgIpc) is 3.33. The van der Waals surface area contributed by atoms with Crippen molar-refractivity contribution in [3.63, 3.8) is 0 Å². The van der Waals surface area contributed by atoms with Crippen molar-refractivity contribution in [1.82, 2.24) is 5.01 Å². The van der Waals surface area contributed by atoms with Crippen molar-refractivity contribution in [3.05, 3.63) is 35.9 Å². The van der Waals surface area contributed by atoms with Gasteiger partial charge in [-0.15, -0.1) is 0 Å². The van der Waals surface area contributed by atoms with E-state index in [1.165, 1.54) is 24.4 Å². The fourth-order valence-electron chi connectivity index (χ4n) is 4.82. The lowest BCUT2D eigenvalue weighted by molar-refractivity contribution is -0.140. The third kappa shape index (κ3) is 1.68. The van der Waals surface area contributed by atoms with Crippen LogP contribution in [0, 0.1) is 35.5 Å². The first-order valence-electron chi connectivity index (χ1n) is 8.18. The number of benzene rings is 1. The van der Waals surface area contributed by atoms with Crippen LogP contribution in [0.1, 0.15) is 12.0 Å². The zero-order chi connectivity index (χ0) is 16.6. The number of rotatable bonds is 2. The van der Waals surface area contributed by atoms with E-state index in [1.807, 2.05) is 0 Å². The number of hydrogen-bond donors (Lipinski definition) is 2. The van der Waals surface area contributed by atoms with Crippen molar-refractivity contribution >= 4 is 18.0 Å². The van der Waals surface area contributed by atoms with Crippen molar-refractivity contribution in [1.29, 1.82) is 0 Å². The summed E-state index contributed by atoms with van der Waals surface area (Å²) in [6.45, 7) is 0. The Morgan fingerprint density at radius 2 is 1.67 bits per heavy atom. The van der Waals surface area contributed by atoms with Gasteiger partial charge < -0.3 is 10.2 Å². The minimum atomic E-state index is -0.276. The molecule has 24 heavy (non-hydrogen) atoms. The number of carbonyl (C=O) groups excluding carboxylic acids is 2. The first-order chi connectivity index (χ1) is 11.6.